The van der Waals surface area contributed by atoms with Crippen molar-refractivity contribution in [3.05, 3.63) is 191 Å². The van der Waals surface area contributed by atoms with Crippen LogP contribution in [0.3, 0.4) is 0 Å². The van der Waals surface area contributed by atoms with Gasteiger partial charge < -0.3 is 33.5 Å². The molecular formula is C50H56O7. The minimum Gasteiger partial charge on any atom is -0.390 e. The number of unbranched alkanes of at least 4 members (excludes halogenated alkanes) is 1. The number of fused-ring (bicyclic) bond motifs is 2. The molecule has 2 aliphatic rings. The summed E-state index contributed by atoms with van der Waals surface area (Å²) in [6.45, 7) is 9.95. The first-order valence-corrected chi connectivity index (χ1v) is 20.3. The molecule has 5 aromatic rings. The normalized spacial score (nSPS) is 23.3. The second-order valence-electron chi connectivity index (χ2n) is 15.3. The highest BCUT2D eigenvalue weighted by Crippen LogP contribution is 2.54. The molecule has 6 atom stereocenters. The Morgan fingerprint density at radius 2 is 1.30 bits per heavy atom. The van der Waals surface area contributed by atoms with Crippen molar-refractivity contribution in [1.82, 2.24) is 0 Å². The van der Waals surface area contributed by atoms with Gasteiger partial charge in [-0.3, -0.25) is 0 Å². The molecule has 0 spiro atoms. The largest absolute Gasteiger partial charge is 0.390 e. The van der Waals surface area contributed by atoms with Crippen LogP contribution in [-0.4, -0.2) is 54.9 Å². The summed E-state index contributed by atoms with van der Waals surface area (Å²) in [6, 6.07) is 45.5. The van der Waals surface area contributed by atoms with Gasteiger partial charge in [0.1, 0.15) is 23.9 Å². The lowest BCUT2D eigenvalue weighted by Crippen LogP contribution is -2.69. The fourth-order valence-electron chi connectivity index (χ4n) is 7.97. The molecule has 298 valence electrons. The second-order valence-corrected chi connectivity index (χ2v) is 15.3. The quantitative estimate of drug-likeness (QED) is 0.0626. The smallest absolute Gasteiger partial charge is 0.225 e. The average molecular weight is 769 g/mol. The van der Waals surface area contributed by atoms with Crippen molar-refractivity contribution >= 4 is 0 Å². The summed E-state index contributed by atoms with van der Waals surface area (Å²) in [6.07, 6.45) is 2.50. The molecule has 57 heavy (non-hydrogen) atoms. The van der Waals surface area contributed by atoms with Crippen molar-refractivity contribution in [1.29, 1.82) is 0 Å². The molecule has 0 amide bonds. The molecule has 2 saturated heterocycles. The highest BCUT2D eigenvalue weighted by molar-refractivity contribution is 5.40. The molecule has 2 heterocycles. The summed E-state index contributed by atoms with van der Waals surface area (Å²) < 4.78 is 40.5. The van der Waals surface area contributed by atoms with Gasteiger partial charge in [0.2, 0.25) is 5.79 Å². The lowest BCUT2D eigenvalue weighted by atomic mass is 9.80. The average Bonchev–Trinajstić information content (AvgIpc) is 3.61. The van der Waals surface area contributed by atoms with Crippen LogP contribution >= 0.6 is 0 Å². The highest BCUT2D eigenvalue weighted by Gasteiger charge is 2.71. The first kappa shape index (κ1) is 40.7. The number of hydrogen-bond acceptors (Lipinski definition) is 7. The van der Waals surface area contributed by atoms with Crippen molar-refractivity contribution < 1.29 is 33.5 Å². The van der Waals surface area contributed by atoms with Crippen LogP contribution in [0.4, 0.5) is 0 Å². The van der Waals surface area contributed by atoms with Gasteiger partial charge in [-0.1, -0.05) is 133 Å². The van der Waals surface area contributed by atoms with E-state index in [1.807, 2.05) is 91.0 Å². The van der Waals surface area contributed by atoms with Crippen molar-refractivity contribution in [2.45, 2.75) is 95.2 Å². The SMILES string of the molecule is C=CCOCCCCc1ccc(Cc2cc([C@]34OC[C@](C(C)O)(O3)[C@@H](OCc3ccccc3)[C@H](OCc3ccccc3)[C@H]4OCc3ccccc3)ccc2C)cc1. The van der Waals surface area contributed by atoms with Gasteiger partial charge in [-0.05, 0) is 84.5 Å². The van der Waals surface area contributed by atoms with Crippen molar-refractivity contribution in [2.24, 2.45) is 0 Å². The lowest BCUT2D eigenvalue weighted by molar-refractivity contribution is -0.359. The third kappa shape index (κ3) is 9.65. The Balaban J connectivity index is 1.22. The third-order valence-electron chi connectivity index (χ3n) is 11.3. The summed E-state index contributed by atoms with van der Waals surface area (Å²) in [7, 11) is 0. The van der Waals surface area contributed by atoms with E-state index in [9.17, 15) is 5.11 Å². The van der Waals surface area contributed by atoms with E-state index in [0.717, 1.165) is 65.7 Å². The second kappa shape index (κ2) is 19.3. The zero-order valence-corrected chi connectivity index (χ0v) is 33.3. The molecule has 1 unspecified atom stereocenters. The minimum atomic E-state index is -1.40. The Morgan fingerprint density at radius 1 is 0.719 bits per heavy atom. The van der Waals surface area contributed by atoms with Gasteiger partial charge in [0.05, 0.1) is 39.1 Å². The zero-order chi connectivity index (χ0) is 39.5. The van der Waals surface area contributed by atoms with Gasteiger partial charge in [-0.25, -0.2) is 0 Å². The van der Waals surface area contributed by atoms with Gasteiger partial charge >= 0.3 is 0 Å². The molecule has 1 N–H and O–H groups in total. The molecule has 2 aliphatic heterocycles. The predicted octanol–water partition coefficient (Wildman–Crippen LogP) is 9.20. The molecule has 0 aromatic heterocycles. The number of hydrogen-bond donors (Lipinski definition) is 1. The molecule has 5 aromatic carbocycles. The van der Waals surface area contributed by atoms with Gasteiger partial charge in [-0.2, -0.15) is 0 Å². The number of benzene rings is 5. The first-order valence-electron chi connectivity index (χ1n) is 20.3. The Bertz CT molecular complexity index is 1980. The first-order chi connectivity index (χ1) is 27.9. The van der Waals surface area contributed by atoms with E-state index in [1.165, 1.54) is 11.1 Å². The van der Waals surface area contributed by atoms with Gasteiger partial charge in [-0.15, -0.1) is 6.58 Å². The number of aryl methyl sites for hydroxylation is 2. The van der Waals surface area contributed by atoms with Crippen LogP contribution in [0.25, 0.3) is 0 Å². The van der Waals surface area contributed by atoms with Gasteiger partial charge in [0.25, 0.3) is 0 Å². The Hall–Kier alpha value is -4.44. The molecule has 0 aliphatic carbocycles. The van der Waals surface area contributed by atoms with Crippen LogP contribution in [0.2, 0.25) is 0 Å². The van der Waals surface area contributed by atoms with E-state index in [1.54, 1.807) is 13.0 Å². The topological polar surface area (TPSA) is 75.6 Å². The van der Waals surface area contributed by atoms with Crippen LogP contribution in [-0.2, 0) is 66.9 Å². The molecule has 0 radical (unpaired) electrons. The predicted molar refractivity (Wildman–Crippen MR) is 223 cm³/mol. The Labute approximate surface area is 338 Å². The summed E-state index contributed by atoms with van der Waals surface area (Å²) in [5.41, 5.74) is 7.45. The summed E-state index contributed by atoms with van der Waals surface area (Å²) in [5, 5.41) is 11.7. The van der Waals surface area contributed by atoms with E-state index >= 15 is 0 Å². The van der Waals surface area contributed by atoms with E-state index in [2.05, 4.69) is 56.0 Å². The van der Waals surface area contributed by atoms with Gasteiger partial charge in [0.15, 0.2) is 0 Å². The standard InChI is InChI=1S/C50H56O7/c1-4-29-52-30-15-14-16-39-24-26-40(27-25-39)31-44-32-45(28-23-37(44)2)50-48(55-35-43-21-12-7-13-22-43)46(53-33-41-17-8-5-9-18-41)47(49(57-50,36-56-50)38(3)51)54-34-42-19-10-6-11-20-42/h4-13,17-28,32,38,46-48,51H,1,14-16,29-31,33-36H2,2-3H3/t38?,46-,47-,48+,49+,50-/m0/s1. The number of aliphatic hydroxyl groups is 1. The fraction of sp³-hybridized carbons (Fsp3) is 0.360. The van der Waals surface area contributed by atoms with Crippen LogP contribution in [0, 0.1) is 6.92 Å². The van der Waals surface area contributed by atoms with Crippen LogP contribution < -0.4 is 0 Å². The summed E-state index contributed by atoms with van der Waals surface area (Å²) in [4.78, 5) is 0. The molecule has 7 nitrogen and oxygen atoms in total. The molecule has 2 fully saturated rings. The Kier molecular flexibility index (Phi) is 13.8. The van der Waals surface area contributed by atoms with Crippen molar-refractivity contribution in [2.75, 3.05) is 19.8 Å². The summed E-state index contributed by atoms with van der Waals surface area (Å²) in [5.74, 6) is -1.40. The van der Waals surface area contributed by atoms with Crippen LogP contribution in [0.5, 0.6) is 0 Å². The summed E-state index contributed by atoms with van der Waals surface area (Å²) >= 11 is 0. The van der Waals surface area contributed by atoms with Crippen LogP contribution in [0.1, 0.15) is 64.3 Å². The third-order valence-corrected chi connectivity index (χ3v) is 11.3. The maximum atomic E-state index is 11.7. The lowest BCUT2D eigenvalue weighted by Gasteiger charge is -2.52. The number of rotatable bonds is 20. The number of ether oxygens (including phenoxy) is 6. The fourth-order valence-corrected chi connectivity index (χ4v) is 7.97. The molecule has 0 saturated carbocycles. The highest BCUT2D eigenvalue weighted by atomic mass is 16.8. The monoisotopic (exact) mass is 768 g/mol. The molecule has 7 heteroatoms. The van der Waals surface area contributed by atoms with E-state index in [-0.39, 0.29) is 6.61 Å². The number of aliphatic hydroxyl groups excluding tert-OH is 1. The maximum Gasteiger partial charge on any atom is 0.225 e. The van der Waals surface area contributed by atoms with E-state index in [0.29, 0.717) is 26.4 Å². The molecule has 7 rings (SSSR count). The van der Waals surface area contributed by atoms with Crippen LogP contribution in [0.15, 0.2) is 146 Å². The van der Waals surface area contributed by atoms with E-state index < -0.39 is 35.8 Å². The van der Waals surface area contributed by atoms with Crippen molar-refractivity contribution in [3.63, 3.8) is 0 Å². The minimum absolute atomic E-state index is 0.0889. The molecular weight excluding hydrogens is 713 g/mol. The van der Waals surface area contributed by atoms with Gasteiger partial charge in [0, 0.05) is 12.2 Å². The molecule has 2 bridgehead atoms. The van der Waals surface area contributed by atoms with Crippen molar-refractivity contribution in [3.8, 4) is 0 Å². The Morgan fingerprint density at radius 3 is 1.89 bits per heavy atom. The van der Waals surface area contributed by atoms with E-state index in [4.69, 9.17) is 28.4 Å². The maximum absolute atomic E-state index is 11.7. The zero-order valence-electron chi connectivity index (χ0n) is 33.3.